The Morgan fingerprint density at radius 2 is 1.96 bits per heavy atom. The normalized spacial score (nSPS) is 11.0. The highest BCUT2D eigenvalue weighted by atomic mass is 16.5. The fourth-order valence-electron chi connectivity index (χ4n) is 2.52. The summed E-state index contributed by atoms with van der Waals surface area (Å²) in [5.41, 5.74) is 4.41. The number of aromatic nitrogens is 1. The molecule has 1 aromatic heterocycles. The highest BCUT2D eigenvalue weighted by molar-refractivity contribution is 5.86. The van der Waals surface area contributed by atoms with Crippen molar-refractivity contribution in [2.24, 2.45) is 5.10 Å². The molecule has 2 aromatic carbocycles. The zero-order chi connectivity index (χ0) is 16.8. The number of carbonyl (C=O) groups excluding carboxylic acids is 1. The van der Waals surface area contributed by atoms with Crippen LogP contribution in [0.2, 0.25) is 0 Å². The van der Waals surface area contributed by atoms with Crippen LogP contribution in [0.3, 0.4) is 0 Å². The van der Waals surface area contributed by atoms with Crippen LogP contribution in [-0.4, -0.2) is 23.3 Å². The molecule has 0 spiro atoms. The molecule has 0 aliphatic carbocycles. The van der Waals surface area contributed by atoms with E-state index in [2.05, 4.69) is 10.5 Å². The number of nitrogens with one attached hydrogen (secondary N) is 1. The summed E-state index contributed by atoms with van der Waals surface area (Å²) in [6, 6.07) is 17.5. The van der Waals surface area contributed by atoms with Crippen LogP contribution in [0.4, 0.5) is 0 Å². The smallest absolute Gasteiger partial charge is 0.259 e. The molecule has 0 radical (unpaired) electrons. The molecule has 0 saturated heterocycles. The highest BCUT2D eigenvalue weighted by Crippen LogP contribution is 2.16. The number of hydrazone groups is 1. The van der Waals surface area contributed by atoms with Gasteiger partial charge < -0.3 is 9.30 Å². The van der Waals surface area contributed by atoms with E-state index in [1.807, 2.05) is 72.3 Å². The van der Waals surface area contributed by atoms with Gasteiger partial charge in [-0.15, -0.1) is 0 Å². The summed E-state index contributed by atoms with van der Waals surface area (Å²) < 4.78 is 7.42. The van der Waals surface area contributed by atoms with E-state index in [9.17, 15) is 4.79 Å². The number of ether oxygens (including phenoxy) is 1. The van der Waals surface area contributed by atoms with Gasteiger partial charge in [-0.2, -0.15) is 5.10 Å². The van der Waals surface area contributed by atoms with Gasteiger partial charge in [-0.1, -0.05) is 30.3 Å². The van der Waals surface area contributed by atoms with Crippen LogP contribution in [0.15, 0.2) is 65.9 Å². The number of carbonyl (C=O) groups is 1. The van der Waals surface area contributed by atoms with Gasteiger partial charge in [0.2, 0.25) is 0 Å². The topological polar surface area (TPSA) is 55.6 Å². The fraction of sp³-hybridized carbons (Fsp3) is 0.158. The number of nitrogens with zero attached hydrogens (tertiary/aromatic N) is 2. The van der Waals surface area contributed by atoms with E-state index in [0.29, 0.717) is 6.61 Å². The van der Waals surface area contributed by atoms with Crippen LogP contribution in [0.25, 0.3) is 10.9 Å². The van der Waals surface area contributed by atoms with Crippen LogP contribution in [-0.2, 0) is 11.3 Å². The molecule has 0 saturated carbocycles. The minimum absolute atomic E-state index is 0.179. The maximum absolute atomic E-state index is 12.1. The number of benzene rings is 2. The first-order valence-corrected chi connectivity index (χ1v) is 7.85. The molecule has 0 bridgehead atoms. The number of amides is 1. The van der Waals surface area contributed by atoms with Crippen LogP contribution in [0.5, 0.6) is 5.75 Å². The third kappa shape index (κ3) is 3.63. The number of para-hydroxylation sites is 2. The molecule has 0 unspecified atom stereocenters. The Bertz CT molecular complexity index is 868. The maximum Gasteiger partial charge on any atom is 0.259 e. The summed E-state index contributed by atoms with van der Waals surface area (Å²) >= 11 is 0. The SMILES string of the molecule is CCOc1ccccc1/C=N/NC(=O)Cn1ccc2ccccc21. The van der Waals surface area contributed by atoms with Gasteiger partial charge in [-0.3, -0.25) is 4.79 Å². The Morgan fingerprint density at radius 1 is 1.17 bits per heavy atom. The maximum atomic E-state index is 12.1. The van der Waals surface area contributed by atoms with Gasteiger partial charge in [-0.05, 0) is 36.6 Å². The van der Waals surface area contributed by atoms with Crippen LogP contribution < -0.4 is 10.2 Å². The van der Waals surface area contributed by atoms with Crippen molar-refractivity contribution in [2.45, 2.75) is 13.5 Å². The Labute approximate surface area is 140 Å². The molecular formula is C19H19N3O2. The Balaban J connectivity index is 1.63. The summed E-state index contributed by atoms with van der Waals surface area (Å²) in [4.78, 5) is 12.1. The van der Waals surface area contributed by atoms with E-state index in [0.717, 1.165) is 22.2 Å². The van der Waals surface area contributed by atoms with Crippen LogP contribution in [0.1, 0.15) is 12.5 Å². The van der Waals surface area contributed by atoms with Gasteiger partial charge in [0.15, 0.2) is 0 Å². The third-order valence-electron chi connectivity index (χ3n) is 3.61. The molecule has 122 valence electrons. The molecule has 0 fully saturated rings. The number of hydrogen-bond donors (Lipinski definition) is 1. The van der Waals surface area contributed by atoms with Crippen molar-refractivity contribution in [3.8, 4) is 5.75 Å². The molecule has 24 heavy (non-hydrogen) atoms. The summed E-state index contributed by atoms with van der Waals surface area (Å²) in [5.74, 6) is 0.566. The lowest BCUT2D eigenvalue weighted by Gasteiger charge is -2.06. The first-order chi connectivity index (χ1) is 11.8. The number of rotatable bonds is 6. The Kier molecular flexibility index (Phi) is 4.91. The van der Waals surface area contributed by atoms with Crippen LogP contribution >= 0.6 is 0 Å². The van der Waals surface area contributed by atoms with Gasteiger partial charge in [-0.25, -0.2) is 5.43 Å². The van der Waals surface area contributed by atoms with Gasteiger partial charge in [0, 0.05) is 17.3 Å². The van der Waals surface area contributed by atoms with E-state index in [1.54, 1.807) is 6.21 Å². The van der Waals surface area contributed by atoms with Crippen molar-refractivity contribution in [2.75, 3.05) is 6.61 Å². The first-order valence-electron chi connectivity index (χ1n) is 7.85. The standard InChI is InChI=1S/C19H19N3O2/c1-2-24-18-10-6-4-8-16(18)13-20-21-19(23)14-22-12-11-15-7-3-5-9-17(15)22/h3-13H,2,14H2,1H3,(H,21,23)/b20-13+. The molecule has 0 aliphatic rings. The molecule has 3 aromatic rings. The van der Waals surface area contributed by atoms with E-state index in [1.165, 1.54) is 0 Å². The van der Waals surface area contributed by atoms with Gasteiger partial charge in [0.05, 0.1) is 12.8 Å². The molecule has 1 heterocycles. The molecular weight excluding hydrogens is 302 g/mol. The summed E-state index contributed by atoms with van der Waals surface area (Å²) in [6.45, 7) is 2.73. The second-order valence-electron chi connectivity index (χ2n) is 5.27. The van der Waals surface area contributed by atoms with E-state index in [4.69, 9.17) is 4.74 Å². The second kappa shape index (κ2) is 7.46. The van der Waals surface area contributed by atoms with Crippen LogP contribution in [0, 0.1) is 0 Å². The summed E-state index contributed by atoms with van der Waals surface area (Å²) in [7, 11) is 0. The number of hydrogen-bond acceptors (Lipinski definition) is 3. The predicted molar refractivity (Wildman–Crippen MR) is 95.3 cm³/mol. The van der Waals surface area contributed by atoms with Crippen molar-refractivity contribution in [3.63, 3.8) is 0 Å². The predicted octanol–water partition coefficient (Wildman–Crippen LogP) is 3.19. The summed E-state index contributed by atoms with van der Waals surface area (Å²) in [5, 5.41) is 5.14. The van der Waals surface area contributed by atoms with Gasteiger partial charge in [0.1, 0.15) is 12.3 Å². The van der Waals surface area contributed by atoms with Crippen molar-refractivity contribution < 1.29 is 9.53 Å². The molecule has 1 N–H and O–H groups in total. The van der Waals surface area contributed by atoms with E-state index in [-0.39, 0.29) is 12.5 Å². The highest BCUT2D eigenvalue weighted by Gasteiger charge is 2.05. The minimum atomic E-state index is -0.179. The summed E-state index contributed by atoms with van der Waals surface area (Å²) in [6.07, 6.45) is 3.50. The Morgan fingerprint density at radius 3 is 2.83 bits per heavy atom. The molecule has 1 amide bonds. The largest absolute Gasteiger partial charge is 0.493 e. The fourth-order valence-corrected chi connectivity index (χ4v) is 2.52. The van der Waals surface area contributed by atoms with Crippen molar-refractivity contribution >= 4 is 23.0 Å². The molecule has 0 aliphatic heterocycles. The molecule has 5 nitrogen and oxygen atoms in total. The monoisotopic (exact) mass is 321 g/mol. The molecule has 5 heteroatoms. The quantitative estimate of drug-likeness (QED) is 0.560. The lowest BCUT2D eigenvalue weighted by Crippen LogP contribution is -2.22. The zero-order valence-corrected chi connectivity index (χ0v) is 13.5. The Hall–Kier alpha value is -3.08. The van der Waals surface area contributed by atoms with Crippen molar-refractivity contribution in [1.82, 2.24) is 9.99 Å². The average molecular weight is 321 g/mol. The third-order valence-corrected chi connectivity index (χ3v) is 3.61. The van der Waals surface area contributed by atoms with E-state index >= 15 is 0 Å². The zero-order valence-electron chi connectivity index (χ0n) is 13.5. The van der Waals surface area contributed by atoms with Crippen molar-refractivity contribution in [3.05, 3.63) is 66.4 Å². The second-order valence-corrected chi connectivity index (χ2v) is 5.27. The number of fused-ring (bicyclic) bond motifs is 1. The molecule has 0 atom stereocenters. The van der Waals surface area contributed by atoms with E-state index < -0.39 is 0 Å². The van der Waals surface area contributed by atoms with Gasteiger partial charge >= 0.3 is 0 Å². The van der Waals surface area contributed by atoms with Crippen molar-refractivity contribution in [1.29, 1.82) is 0 Å². The molecule has 3 rings (SSSR count). The first kappa shape index (κ1) is 15.8. The average Bonchev–Trinajstić information content (AvgIpc) is 3.00. The minimum Gasteiger partial charge on any atom is -0.493 e. The lowest BCUT2D eigenvalue weighted by atomic mass is 10.2. The lowest BCUT2D eigenvalue weighted by molar-refractivity contribution is -0.121. The van der Waals surface area contributed by atoms with Gasteiger partial charge in [0.25, 0.3) is 5.91 Å².